The van der Waals surface area contributed by atoms with E-state index in [-0.39, 0.29) is 0 Å². The highest BCUT2D eigenvalue weighted by molar-refractivity contribution is 6.12. The summed E-state index contributed by atoms with van der Waals surface area (Å²) in [6, 6.07) is -34.8. The third kappa shape index (κ3) is 4.85. The highest BCUT2D eigenvalue weighted by Gasteiger charge is 2.38. The van der Waals surface area contributed by atoms with Crippen molar-refractivity contribution in [1.29, 1.82) is 0 Å². The summed E-state index contributed by atoms with van der Waals surface area (Å²) >= 11 is 0. The molecule has 0 spiro atoms. The third-order valence-corrected chi connectivity index (χ3v) is 9.54. The van der Waals surface area contributed by atoms with Crippen LogP contribution in [0.25, 0.3) is 77.2 Å². The van der Waals surface area contributed by atoms with Crippen LogP contribution < -0.4 is 4.90 Å². The van der Waals surface area contributed by atoms with E-state index in [4.69, 9.17) is 30.2 Å². The Morgan fingerprint density at radius 1 is 0.439 bits per heavy atom. The van der Waals surface area contributed by atoms with Gasteiger partial charge in [-0.1, -0.05) is 133 Å². The number of hydrogen-bond acceptors (Lipinski definition) is 1. The first-order valence-electron chi connectivity index (χ1n) is 34.5. The summed E-state index contributed by atoms with van der Waals surface area (Å²) in [7, 11) is 0. The molecule has 0 saturated carbocycles. The summed E-state index contributed by atoms with van der Waals surface area (Å²) < 4.78 is 323. The second-order valence-electron chi connectivity index (χ2n) is 12.5. The summed E-state index contributed by atoms with van der Waals surface area (Å²) in [5.41, 5.74) is -11.9. The van der Waals surface area contributed by atoms with Gasteiger partial charge in [0.05, 0.1) is 80.0 Å². The molecule has 3 nitrogen and oxygen atoms in total. The number of para-hydroxylation sites is 3. The zero-order valence-electron chi connectivity index (χ0n) is 63.5. The fourth-order valence-electron chi connectivity index (χ4n) is 7.25. The summed E-state index contributed by atoms with van der Waals surface area (Å²) in [5, 5.41) is -2.49. The molecule has 0 radical (unpaired) electrons. The molecule has 0 saturated heterocycles. The van der Waals surface area contributed by atoms with Gasteiger partial charge in [0, 0.05) is 51.5 Å². The topological polar surface area (TPSA) is 13.1 Å². The Kier molecular flexibility index (Phi) is 2.84. The van der Waals surface area contributed by atoms with Crippen LogP contribution in [0.1, 0.15) is 65.9 Å². The van der Waals surface area contributed by atoms with Crippen LogP contribution in [0.5, 0.6) is 0 Å². The van der Waals surface area contributed by atoms with Crippen molar-refractivity contribution in [2.24, 2.45) is 0 Å². The Labute approximate surface area is 380 Å². The van der Waals surface area contributed by atoms with Gasteiger partial charge in [-0.05, 0) is 101 Å². The predicted molar refractivity (Wildman–Crippen MR) is 239 cm³/mol. The van der Waals surface area contributed by atoms with E-state index < -0.39 is 318 Å². The minimum Gasteiger partial charge on any atom is -0.313 e. The highest BCUT2D eigenvalue weighted by atomic mass is 15.2. The largest absolute Gasteiger partial charge is 0.313 e. The van der Waals surface area contributed by atoms with Crippen LogP contribution >= 0.6 is 0 Å². The Hall–Kier alpha value is -7.36. The van der Waals surface area contributed by atoms with Gasteiger partial charge >= 0.3 is 0 Å². The molecule has 8 aromatic carbocycles. The van der Waals surface area contributed by atoms with Gasteiger partial charge in [-0.25, -0.2) is 0 Å². The average molecular weight is 763 g/mol. The normalized spacial score (nSPS) is 25.2. The van der Waals surface area contributed by atoms with Crippen LogP contribution in [0.4, 0.5) is 11.4 Å². The van der Waals surface area contributed by atoms with Crippen molar-refractivity contribution in [3.05, 3.63) is 217 Å². The van der Waals surface area contributed by atoms with Crippen molar-refractivity contribution in [1.82, 2.24) is 9.13 Å². The van der Waals surface area contributed by atoms with Gasteiger partial charge in [0.2, 0.25) is 0 Å². The Morgan fingerprint density at radius 3 is 1.63 bits per heavy atom. The van der Waals surface area contributed by atoms with Crippen LogP contribution in [0, 0.1) is 0 Å². The zero-order valence-corrected chi connectivity index (χ0v) is 28.5. The quantitative estimate of drug-likeness (QED) is 0.170. The zero-order chi connectivity index (χ0) is 67.9. The first kappa shape index (κ1) is 12.8. The molecule has 2 atom stereocenters. The first-order valence-corrected chi connectivity index (χ1v) is 17.0. The van der Waals surface area contributed by atoms with E-state index in [0.29, 0.717) is 9.47 Å². The number of anilines is 2. The third-order valence-electron chi connectivity index (χ3n) is 9.54. The molecule has 3 heterocycles. The fraction of sp³-hybridized carbons (Fsp3) is 0.0370. The van der Waals surface area contributed by atoms with Gasteiger partial charge in [0.25, 0.3) is 0 Å². The van der Waals surface area contributed by atoms with Gasteiger partial charge < -0.3 is 14.0 Å². The number of nitrogens with zero attached hydrogens (tertiary/aromatic N) is 3. The van der Waals surface area contributed by atoms with Gasteiger partial charge in [-0.3, -0.25) is 0 Å². The second kappa shape index (κ2) is 12.6. The van der Waals surface area contributed by atoms with Crippen LogP contribution in [0.3, 0.4) is 0 Å². The van der Waals surface area contributed by atoms with Gasteiger partial charge in [-0.15, -0.1) is 0 Å². The number of aromatic nitrogens is 2. The van der Waals surface area contributed by atoms with E-state index in [2.05, 4.69) is 0 Å². The number of fused-ring (bicyclic) bond motifs is 9. The van der Waals surface area contributed by atoms with Gasteiger partial charge in [0.1, 0.15) is 0 Å². The van der Waals surface area contributed by atoms with Crippen molar-refractivity contribution in [3.8, 4) is 33.6 Å². The lowest BCUT2D eigenvalue weighted by molar-refractivity contribution is 0.813. The monoisotopic (exact) mass is 763 g/mol. The first-order chi connectivity index (χ1) is 42.9. The molecule has 1 aliphatic heterocycles. The molecule has 0 N–H and O–H groups in total. The molecule has 3 heteroatoms. The predicted octanol–water partition coefficient (Wildman–Crippen LogP) is 14.3. The van der Waals surface area contributed by atoms with E-state index in [0.717, 1.165) is 4.57 Å². The number of allylic oxidation sites excluding steroid dienone is 4. The molecular weight excluding hydrogens is 691 g/mol. The Balaban J connectivity index is 1.32. The van der Waals surface area contributed by atoms with E-state index >= 15 is 0 Å². The maximum atomic E-state index is 10.2. The molecule has 2 aromatic heterocycles. The molecule has 268 valence electrons. The highest BCUT2D eigenvalue weighted by Crippen LogP contribution is 2.54. The van der Waals surface area contributed by atoms with Crippen molar-refractivity contribution in [3.63, 3.8) is 0 Å². The lowest BCUT2D eigenvalue weighted by atomic mass is 9.90. The van der Waals surface area contributed by atoms with E-state index in [1.807, 2.05) is 0 Å². The molecule has 0 bridgehead atoms. The fourth-order valence-corrected chi connectivity index (χ4v) is 7.25. The number of rotatable bonds is 5. The second-order valence-corrected chi connectivity index (χ2v) is 12.5. The van der Waals surface area contributed by atoms with E-state index in [1.165, 1.54) is 0 Å². The van der Waals surface area contributed by atoms with Crippen LogP contribution in [-0.4, -0.2) is 9.13 Å². The molecule has 2 unspecified atom stereocenters. The minimum absolute atomic E-state index is 0.524. The summed E-state index contributed by atoms with van der Waals surface area (Å²) in [4.78, 5) is 0.636. The molecule has 1 aliphatic carbocycles. The Bertz CT molecular complexity index is 5080. The number of benzene rings is 8. The SMILES string of the molecule is [2H]C1=C([2H])C([2H])C2C(=C1[2H])N(c1c([2H])c(-c3c([2H])c([2H])c([2H])c([2H])c3[2H])c([2H])c(-c3c([2H])c([2H])c([2H])c([2H])c3[2H])c1[2H])c1c([2H])c([2H])c([2H])c(-n3c4c([2H])c([2H])c([2H])c([2H])c4c4c([2H])c(-n5c6c([2H])c([2H])c([2H])c([2H])c6c6c([2H])c([2H])c([2H])c([2H])c65)c([2H])c([2H])c43)c12. The number of hydrogen-bond donors (Lipinski definition) is 0. The lowest BCUT2D eigenvalue weighted by Crippen LogP contribution is -2.14. The lowest BCUT2D eigenvalue weighted by Gasteiger charge is -2.26. The van der Waals surface area contributed by atoms with Gasteiger partial charge in [0.15, 0.2) is 0 Å². The van der Waals surface area contributed by atoms with Crippen LogP contribution in [0.15, 0.2) is 211 Å². The minimum atomic E-state index is -2.21. The average Bonchev–Trinajstić information content (AvgIpc) is 1.48. The molecule has 2 aliphatic rings. The Morgan fingerprint density at radius 2 is 0.982 bits per heavy atom. The van der Waals surface area contributed by atoms with Crippen LogP contribution in [0.2, 0.25) is 0 Å². The summed E-state index contributed by atoms with van der Waals surface area (Å²) in [6.07, 6.45) is -2.21. The van der Waals surface area contributed by atoms with Crippen molar-refractivity contribution in [2.45, 2.75) is 12.3 Å². The van der Waals surface area contributed by atoms with E-state index in [1.54, 1.807) is 0 Å². The smallest absolute Gasteiger partial charge is 0.0652 e. The molecule has 10 aromatic rings. The molecule has 57 heavy (non-hydrogen) atoms. The van der Waals surface area contributed by atoms with Crippen molar-refractivity contribution >= 4 is 55.0 Å². The van der Waals surface area contributed by atoms with Crippen molar-refractivity contribution in [2.75, 3.05) is 4.90 Å². The maximum Gasteiger partial charge on any atom is 0.0652 e. The summed E-state index contributed by atoms with van der Waals surface area (Å²) in [6.45, 7) is 0. The molecule has 0 amide bonds. The molecule has 12 rings (SSSR count). The van der Waals surface area contributed by atoms with Crippen molar-refractivity contribution < 1.29 is 48.0 Å². The standard InChI is InChI=1S/C54H37N3/c1-3-16-36(17-4-1)38-32-39(37-18-5-2-6-19-37)34-41(33-38)56-50-27-14-10-23-45(50)54-52(56)28-15-29-53(54)57-49-26-13-9-22-44(49)46-35-40(30-31-51(46)57)55-47-24-11-7-20-42(47)43-21-8-12-25-48(43)55/h1-22,24-35,45H,23H2/i1D,2D,3D,4D,5D,6D,7D,8D,9D,10D,11D,12D,13D,14D,15D,16D,17D,18D,19D,20D,21D,22D,23D,24D,25D,26D,27D,28D,29D,30D,31D,32D,33D,34D,35D. The molecular formula is C54H37N3. The van der Waals surface area contributed by atoms with Gasteiger partial charge in [-0.2, -0.15) is 0 Å². The summed E-state index contributed by atoms with van der Waals surface area (Å²) in [5.74, 6) is -2.10. The van der Waals surface area contributed by atoms with E-state index in [9.17, 15) is 17.8 Å². The van der Waals surface area contributed by atoms with Crippen LogP contribution in [-0.2, 0) is 0 Å². The molecule has 0 fully saturated rings. The maximum absolute atomic E-state index is 10.2.